The van der Waals surface area contributed by atoms with Gasteiger partial charge in [0, 0.05) is 0 Å². The second kappa shape index (κ2) is 3.65. The van der Waals surface area contributed by atoms with Gasteiger partial charge in [-0.3, -0.25) is 9.97 Å². The summed E-state index contributed by atoms with van der Waals surface area (Å²) in [6.45, 7) is 1.89. The molecule has 0 aliphatic rings. The molecule has 0 spiro atoms. The largest absolute Gasteiger partial charge is 0.338 e. The fourth-order valence-electron chi connectivity index (χ4n) is 1.36. The Morgan fingerprint density at radius 2 is 1.44 bits per heavy atom. The lowest BCUT2D eigenvalue weighted by molar-refractivity contribution is 0.784. The summed E-state index contributed by atoms with van der Waals surface area (Å²) in [5.74, 6) is 0. The second-order valence-electron chi connectivity index (χ2n) is 3.36. The van der Waals surface area contributed by atoms with E-state index in [-0.39, 0.29) is 0 Å². The summed E-state index contributed by atoms with van der Waals surface area (Å²) in [5, 5.41) is 0. The van der Waals surface area contributed by atoms with E-state index in [1.807, 2.05) is 16.9 Å². The molecule has 0 amide bonds. The lowest BCUT2D eigenvalue weighted by Gasteiger charge is -2.02. The summed E-state index contributed by atoms with van der Waals surface area (Å²) in [6.07, 6.45) is 0. The number of nitrogens with zero attached hydrogens (tertiary/aromatic N) is 1. The van der Waals surface area contributed by atoms with E-state index in [9.17, 15) is 14.4 Å². The van der Waals surface area contributed by atoms with E-state index in [1.54, 1.807) is 24.3 Å². The highest BCUT2D eigenvalue weighted by atomic mass is 16.2. The minimum absolute atomic E-state index is 0.410. The molecule has 0 aliphatic heterocycles. The van der Waals surface area contributed by atoms with Crippen LogP contribution in [0.4, 0.5) is 0 Å². The molecule has 1 aromatic heterocycles. The molecule has 16 heavy (non-hydrogen) atoms. The third-order valence-electron chi connectivity index (χ3n) is 2.14. The fourth-order valence-corrected chi connectivity index (χ4v) is 1.36. The first-order chi connectivity index (χ1) is 7.58. The van der Waals surface area contributed by atoms with Crippen molar-refractivity contribution in [1.82, 2.24) is 14.5 Å². The van der Waals surface area contributed by atoms with Crippen LogP contribution in [0.25, 0.3) is 5.69 Å². The highest BCUT2D eigenvalue weighted by Crippen LogP contribution is 2.03. The maximum atomic E-state index is 11.4. The van der Waals surface area contributed by atoms with E-state index in [4.69, 9.17) is 0 Å². The summed E-state index contributed by atoms with van der Waals surface area (Å²) in [6, 6.07) is 6.80. The lowest BCUT2D eigenvalue weighted by Crippen LogP contribution is -2.42. The van der Waals surface area contributed by atoms with Crippen LogP contribution in [0, 0.1) is 6.92 Å². The Bertz CT molecular complexity index is 642. The first-order valence-corrected chi connectivity index (χ1v) is 4.60. The Kier molecular flexibility index (Phi) is 2.32. The van der Waals surface area contributed by atoms with Crippen molar-refractivity contribution in [3.8, 4) is 5.69 Å². The van der Waals surface area contributed by atoms with Crippen molar-refractivity contribution >= 4 is 0 Å². The van der Waals surface area contributed by atoms with Crippen LogP contribution < -0.4 is 17.1 Å². The van der Waals surface area contributed by atoms with Gasteiger partial charge >= 0.3 is 17.1 Å². The monoisotopic (exact) mass is 219 g/mol. The molecule has 6 nitrogen and oxygen atoms in total. The molecule has 2 aromatic rings. The third kappa shape index (κ3) is 1.72. The fraction of sp³-hybridized carbons (Fsp3) is 0.100. The molecule has 0 unspecified atom stereocenters. The number of benzene rings is 1. The third-order valence-corrected chi connectivity index (χ3v) is 2.14. The molecule has 82 valence electrons. The van der Waals surface area contributed by atoms with Crippen LogP contribution in [-0.2, 0) is 0 Å². The molecular formula is C10H9N3O3. The average molecular weight is 219 g/mol. The topological polar surface area (TPSA) is 87.7 Å². The Morgan fingerprint density at radius 3 is 1.94 bits per heavy atom. The highest BCUT2D eigenvalue weighted by Gasteiger charge is 2.04. The molecule has 2 rings (SSSR count). The van der Waals surface area contributed by atoms with Gasteiger partial charge in [-0.05, 0) is 19.1 Å². The molecule has 0 saturated carbocycles. The first kappa shape index (κ1) is 10.2. The lowest BCUT2D eigenvalue weighted by atomic mass is 10.2. The number of rotatable bonds is 1. The molecule has 0 bridgehead atoms. The van der Waals surface area contributed by atoms with Gasteiger partial charge in [0.25, 0.3) is 0 Å². The first-order valence-electron chi connectivity index (χ1n) is 4.60. The van der Waals surface area contributed by atoms with E-state index in [0.717, 1.165) is 10.1 Å². The van der Waals surface area contributed by atoms with Crippen LogP contribution in [0.1, 0.15) is 5.56 Å². The maximum absolute atomic E-state index is 11.4. The van der Waals surface area contributed by atoms with Gasteiger partial charge in [-0.25, -0.2) is 19.0 Å². The Labute approximate surface area is 89.2 Å². The van der Waals surface area contributed by atoms with Crippen LogP contribution in [-0.4, -0.2) is 14.5 Å². The number of hydrogen-bond acceptors (Lipinski definition) is 3. The number of H-pyrrole nitrogens is 2. The molecule has 0 atom stereocenters. The van der Waals surface area contributed by atoms with E-state index in [0.29, 0.717) is 5.69 Å². The summed E-state index contributed by atoms with van der Waals surface area (Å²) in [5.41, 5.74) is -0.890. The zero-order chi connectivity index (χ0) is 11.7. The van der Waals surface area contributed by atoms with Gasteiger partial charge in [-0.1, -0.05) is 17.7 Å². The molecule has 1 aromatic carbocycles. The van der Waals surface area contributed by atoms with Crippen molar-refractivity contribution in [2.75, 3.05) is 0 Å². The van der Waals surface area contributed by atoms with Crippen LogP contribution >= 0.6 is 0 Å². The van der Waals surface area contributed by atoms with Gasteiger partial charge in [0.1, 0.15) is 0 Å². The van der Waals surface area contributed by atoms with E-state index < -0.39 is 17.1 Å². The normalized spacial score (nSPS) is 10.3. The van der Waals surface area contributed by atoms with Gasteiger partial charge < -0.3 is 0 Å². The predicted octanol–water partition coefficient (Wildman–Crippen LogP) is -0.477. The zero-order valence-electron chi connectivity index (χ0n) is 8.48. The van der Waals surface area contributed by atoms with Gasteiger partial charge in [0.05, 0.1) is 5.69 Å². The van der Waals surface area contributed by atoms with Crippen LogP contribution in [0.3, 0.4) is 0 Å². The van der Waals surface area contributed by atoms with Gasteiger partial charge in [-0.2, -0.15) is 0 Å². The van der Waals surface area contributed by atoms with Crippen molar-refractivity contribution in [2.24, 2.45) is 0 Å². The van der Waals surface area contributed by atoms with Crippen LogP contribution in [0.5, 0.6) is 0 Å². The minimum atomic E-state index is -0.807. The Balaban J connectivity index is 2.75. The molecule has 0 fully saturated rings. The van der Waals surface area contributed by atoms with Gasteiger partial charge in [-0.15, -0.1) is 0 Å². The maximum Gasteiger partial charge on any atom is 0.338 e. The summed E-state index contributed by atoms with van der Waals surface area (Å²) < 4.78 is 0.862. The number of nitrogens with one attached hydrogen (secondary N) is 2. The van der Waals surface area contributed by atoms with E-state index >= 15 is 0 Å². The van der Waals surface area contributed by atoms with Crippen molar-refractivity contribution in [2.45, 2.75) is 6.92 Å². The minimum Gasteiger partial charge on any atom is -0.258 e. The second-order valence-corrected chi connectivity index (χ2v) is 3.36. The summed E-state index contributed by atoms with van der Waals surface area (Å²) in [7, 11) is 0. The van der Waals surface area contributed by atoms with E-state index in [2.05, 4.69) is 0 Å². The molecule has 1 heterocycles. The number of aryl methyl sites for hydroxylation is 1. The summed E-state index contributed by atoms with van der Waals surface area (Å²) >= 11 is 0. The highest BCUT2D eigenvalue weighted by molar-refractivity contribution is 5.33. The van der Waals surface area contributed by atoms with Crippen molar-refractivity contribution in [3.05, 3.63) is 61.3 Å². The summed E-state index contributed by atoms with van der Waals surface area (Å²) in [4.78, 5) is 37.7. The molecule has 0 aliphatic carbocycles. The van der Waals surface area contributed by atoms with Gasteiger partial charge in [0.2, 0.25) is 0 Å². The van der Waals surface area contributed by atoms with Crippen molar-refractivity contribution in [1.29, 1.82) is 0 Å². The Morgan fingerprint density at radius 1 is 0.938 bits per heavy atom. The number of aromatic amines is 2. The van der Waals surface area contributed by atoms with Crippen LogP contribution in [0.2, 0.25) is 0 Å². The number of hydrogen-bond donors (Lipinski definition) is 2. The van der Waals surface area contributed by atoms with Crippen LogP contribution in [0.15, 0.2) is 38.6 Å². The smallest absolute Gasteiger partial charge is 0.258 e. The number of aromatic nitrogens is 3. The molecule has 2 N–H and O–H groups in total. The standard InChI is InChI=1S/C10H9N3O3/c1-6-2-4-7(5-3-6)13-9(15)11-8(14)12-10(13)16/h2-5H,1H3,(H2,11,12,14,15,16). The van der Waals surface area contributed by atoms with Crippen molar-refractivity contribution < 1.29 is 0 Å². The SMILES string of the molecule is Cc1ccc(-n2c(=O)[nH]c(=O)[nH]c2=O)cc1. The molecule has 0 saturated heterocycles. The van der Waals surface area contributed by atoms with E-state index in [1.165, 1.54) is 0 Å². The average Bonchev–Trinajstić information content (AvgIpc) is 2.19. The van der Waals surface area contributed by atoms with Gasteiger partial charge in [0.15, 0.2) is 0 Å². The van der Waals surface area contributed by atoms with Crippen molar-refractivity contribution in [3.63, 3.8) is 0 Å². The zero-order valence-corrected chi connectivity index (χ0v) is 8.48. The molecule has 0 radical (unpaired) electrons. The quantitative estimate of drug-likeness (QED) is 0.679. The molecule has 6 heteroatoms. The molecular weight excluding hydrogens is 210 g/mol. The Hall–Kier alpha value is -2.37. The predicted molar refractivity (Wildman–Crippen MR) is 58.0 cm³/mol.